The lowest BCUT2D eigenvalue weighted by Crippen LogP contribution is -2.30. The van der Waals surface area contributed by atoms with Gasteiger partial charge in [0, 0.05) is 5.56 Å². The van der Waals surface area contributed by atoms with Crippen LogP contribution in [0.15, 0.2) is 42.5 Å². The number of rotatable bonds is 9. The number of alkyl halides is 1. The first-order valence-corrected chi connectivity index (χ1v) is 11.4. The molecule has 1 N–H and O–H groups in total. The molecule has 1 atom stereocenters. The monoisotopic (exact) mass is 444 g/mol. The first-order valence-electron chi connectivity index (χ1n) is 11.4. The minimum absolute atomic E-state index is 0.0237. The smallest absolute Gasteiger partial charge is 0.303 e. The highest BCUT2D eigenvalue weighted by atomic mass is 19.1. The first kappa shape index (κ1) is 22.6. The summed E-state index contributed by atoms with van der Waals surface area (Å²) in [5, 5.41) is 9.24. The molecular formula is C26H30F2O4. The first-order chi connectivity index (χ1) is 15.4. The molecule has 32 heavy (non-hydrogen) atoms. The van der Waals surface area contributed by atoms with Crippen molar-refractivity contribution in [2.75, 3.05) is 13.7 Å². The Hall–Kier alpha value is -2.63. The minimum atomic E-state index is -1.69. The Morgan fingerprint density at radius 3 is 2.53 bits per heavy atom. The Morgan fingerprint density at radius 1 is 1.12 bits per heavy atom. The number of methoxy groups -OCH3 is 1. The minimum Gasteiger partial charge on any atom is -0.497 e. The third kappa shape index (κ3) is 5.22. The van der Waals surface area contributed by atoms with Crippen molar-refractivity contribution in [3.05, 3.63) is 59.4 Å². The summed E-state index contributed by atoms with van der Waals surface area (Å²) >= 11 is 0. The number of carboxylic acid groups (broad SMARTS) is 1. The van der Waals surface area contributed by atoms with Crippen molar-refractivity contribution in [1.29, 1.82) is 0 Å². The molecule has 1 unspecified atom stereocenters. The van der Waals surface area contributed by atoms with Crippen molar-refractivity contribution >= 4 is 5.97 Å². The Morgan fingerprint density at radius 2 is 1.88 bits per heavy atom. The van der Waals surface area contributed by atoms with E-state index in [-0.39, 0.29) is 36.7 Å². The van der Waals surface area contributed by atoms with E-state index >= 15 is 4.39 Å². The lowest BCUT2D eigenvalue weighted by Gasteiger charge is -2.34. The van der Waals surface area contributed by atoms with Crippen molar-refractivity contribution in [2.45, 2.75) is 56.5 Å². The largest absolute Gasteiger partial charge is 0.497 e. The normalized spacial score (nSPS) is 24.0. The van der Waals surface area contributed by atoms with E-state index in [9.17, 15) is 14.3 Å². The van der Waals surface area contributed by atoms with Gasteiger partial charge >= 0.3 is 5.97 Å². The molecule has 2 fully saturated rings. The van der Waals surface area contributed by atoms with Gasteiger partial charge < -0.3 is 14.6 Å². The van der Waals surface area contributed by atoms with Crippen molar-refractivity contribution in [3.63, 3.8) is 0 Å². The summed E-state index contributed by atoms with van der Waals surface area (Å²) in [7, 11) is 1.49. The van der Waals surface area contributed by atoms with Gasteiger partial charge in [0.1, 0.15) is 23.0 Å². The molecule has 2 aromatic carbocycles. The molecule has 0 amide bonds. The average Bonchev–Trinajstić information content (AvgIpc) is 3.63. The van der Waals surface area contributed by atoms with Crippen LogP contribution in [0.3, 0.4) is 0 Å². The van der Waals surface area contributed by atoms with E-state index in [2.05, 4.69) is 0 Å². The molecule has 0 heterocycles. The van der Waals surface area contributed by atoms with Crippen LogP contribution in [0.1, 0.15) is 62.0 Å². The zero-order valence-corrected chi connectivity index (χ0v) is 18.4. The molecule has 0 saturated heterocycles. The number of aliphatic carboxylic acids is 1. The van der Waals surface area contributed by atoms with E-state index in [1.54, 1.807) is 0 Å². The van der Waals surface area contributed by atoms with E-state index in [1.807, 2.05) is 24.3 Å². The summed E-state index contributed by atoms with van der Waals surface area (Å²) < 4.78 is 41.0. The second-order valence-electron chi connectivity index (χ2n) is 9.18. The topological polar surface area (TPSA) is 55.8 Å². The van der Waals surface area contributed by atoms with Crippen LogP contribution in [0.25, 0.3) is 0 Å². The van der Waals surface area contributed by atoms with Gasteiger partial charge in [-0.05, 0) is 92.2 Å². The van der Waals surface area contributed by atoms with Gasteiger partial charge in [-0.3, -0.25) is 4.79 Å². The zero-order valence-electron chi connectivity index (χ0n) is 18.4. The maximum Gasteiger partial charge on any atom is 0.303 e. The molecule has 2 aliphatic rings. The lowest BCUT2D eigenvalue weighted by atomic mass is 9.76. The van der Waals surface area contributed by atoms with Crippen molar-refractivity contribution < 1.29 is 28.2 Å². The van der Waals surface area contributed by atoms with E-state index in [0.717, 1.165) is 24.2 Å². The van der Waals surface area contributed by atoms with Gasteiger partial charge in [0.25, 0.3) is 0 Å². The highest BCUT2D eigenvalue weighted by Crippen LogP contribution is 2.46. The summed E-state index contributed by atoms with van der Waals surface area (Å²) in [4.78, 5) is 11.3. The van der Waals surface area contributed by atoms with Gasteiger partial charge in [0.2, 0.25) is 0 Å². The molecule has 0 aliphatic heterocycles. The van der Waals surface area contributed by atoms with Crippen molar-refractivity contribution in [1.82, 2.24) is 0 Å². The second-order valence-corrected chi connectivity index (χ2v) is 9.18. The molecule has 4 nitrogen and oxygen atoms in total. The summed E-state index contributed by atoms with van der Waals surface area (Å²) in [5.74, 6) is 0.508. The van der Waals surface area contributed by atoms with Crippen LogP contribution in [0, 0.1) is 17.7 Å². The van der Waals surface area contributed by atoms with Crippen LogP contribution in [0.2, 0.25) is 0 Å². The molecule has 2 aromatic rings. The molecule has 6 heteroatoms. The highest BCUT2D eigenvalue weighted by molar-refractivity contribution is 5.68. The third-order valence-corrected chi connectivity index (χ3v) is 6.91. The lowest BCUT2D eigenvalue weighted by molar-refractivity contribution is -0.137. The number of benzene rings is 2. The number of carboxylic acids is 1. The number of carbonyl (C=O) groups is 1. The summed E-state index contributed by atoms with van der Waals surface area (Å²) in [5.41, 5.74) is -0.607. The zero-order chi connectivity index (χ0) is 22.7. The third-order valence-electron chi connectivity index (χ3n) is 6.91. The molecule has 172 valence electrons. The Labute approximate surface area is 187 Å². The Kier molecular flexibility index (Phi) is 6.68. The SMILES string of the molecule is COc1ccc(F)c([C@]2(F)CC[C@H](COc3cccc(C(CC(=O)O)C4CC4)c3)CC2)c1. The number of hydrogen-bond donors (Lipinski definition) is 1. The predicted octanol–water partition coefficient (Wildman–Crippen LogP) is 6.24. The van der Waals surface area contributed by atoms with E-state index in [4.69, 9.17) is 9.47 Å². The van der Waals surface area contributed by atoms with Crippen LogP contribution >= 0.6 is 0 Å². The molecule has 4 rings (SSSR count). The summed E-state index contributed by atoms with van der Waals surface area (Å²) in [6.45, 7) is 0.465. The van der Waals surface area contributed by atoms with Crippen molar-refractivity contribution in [3.8, 4) is 11.5 Å². The second kappa shape index (κ2) is 9.47. The molecule has 0 radical (unpaired) electrons. The average molecular weight is 445 g/mol. The Balaban J connectivity index is 1.35. The van der Waals surface area contributed by atoms with Gasteiger partial charge in [-0.15, -0.1) is 0 Å². The standard InChI is InChI=1S/C26H30F2O4/c1-31-20-7-8-24(27)23(14-20)26(28)11-9-17(10-12-26)16-32-21-4-2-3-19(13-21)22(15-25(29)30)18-5-6-18/h2-4,7-8,13-14,17-18,22H,5-6,9-12,15-16H2,1H3,(H,29,30)/t17-,22?,26-. The van der Waals surface area contributed by atoms with E-state index in [1.165, 1.54) is 25.3 Å². The summed E-state index contributed by atoms with van der Waals surface area (Å²) in [6.07, 6.45) is 3.98. The number of ether oxygens (including phenoxy) is 2. The highest BCUT2D eigenvalue weighted by Gasteiger charge is 2.39. The summed E-state index contributed by atoms with van der Waals surface area (Å²) in [6, 6.07) is 11.9. The van der Waals surface area contributed by atoms with Gasteiger partial charge in [-0.1, -0.05) is 12.1 Å². The van der Waals surface area contributed by atoms with Gasteiger partial charge in [-0.25, -0.2) is 8.78 Å². The van der Waals surface area contributed by atoms with E-state index in [0.29, 0.717) is 31.1 Å². The molecule has 0 bridgehead atoms. The van der Waals surface area contributed by atoms with Gasteiger partial charge in [0.05, 0.1) is 20.1 Å². The maximum absolute atomic E-state index is 15.6. The fourth-order valence-electron chi connectivity index (χ4n) is 4.84. The van der Waals surface area contributed by atoms with Crippen LogP contribution in [-0.4, -0.2) is 24.8 Å². The predicted molar refractivity (Wildman–Crippen MR) is 117 cm³/mol. The van der Waals surface area contributed by atoms with E-state index < -0.39 is 17.5 Å². The van der Waals surface area contributed by atoms with Crippen LogP contribution in [0.5, 0.6) is 11.5 Å². The fraction of sp³-hybridized carbons (Fsp3) is 0.500. The quantitative estimate of drug-likeness (QED) is 0.498. The molecule has 2 aliphatic carbocycles. The van der Waals surface area contributed by atoms with Gasteiger partial charge in [0.15, 0.2) is 0 Å². The number of halogens is 2. The van der Waals surface area contributed by atoms with Crippen LogP contribution < -0.4 is 9.47 Å². The van der Waals surface area contributed by atoms with Gasteiger partial charge in [-0.2, -0.15) is 0 Å². The van der Waals surface area contributed by atoms with Crippen LogP contribution in [0.4, 0.5) is 8.78 Å². The van der Waals surface area contributed by atoms with Crippen molar-refractivity contribution in [2.24, 2.45) is 11.8 Å². The fourth-order valence-corrected chi connectivity index (χ4v) is 4.84. The molecule has 0 aromatic heterocycles. The Bertz CT molecular complexity index is 949. The van der Waals surface area contributed by atoms with Crippen LogP contribution in [-0.2, 0) is 10.5 Å². The maximum atomic E-state index is 15.6. The molecule has 0 spiro atoms. The molecular weight excluding hydrogens is 414 g/mol. The number of hydrogen-bond acceptors (Lipinski definition) is 3. The molecule has 2 saturated carbocycles.